The summed E-state index contributed by atoms with van der Waals surface area (Å²) in [6, 6.07) is 0.432. The summed E-state index contributed by atoms with van der Waals surface area (Å²) in [5.41, 5.74) is 5.21. The minimum Gasteiger partial charge on any atom is -0.444 e. The maximum absolute atomic E-state index is 12.0. The molecule has 10 nitrogen and oxygen atoms in total. The van der Waals surface area contributed by atoms with E-state index in [0.29, 0.717) is 37.3 Å². The Hall–Kier alpha value is -2.62. The number of nitrogens with two attached hydrogens (primary N) is 1. The van der Waals surface area contributed by atoms with E-state index in [1.807, 2.05) is 27.8 Å². The van der Waals surface area contributed by atoms with E-state index >= 15 is 0 Å². The number of primary amides is 1. The Labute approximate surface area is 202 Å². The number of carbonyl (C=O) groups is 2. The second-order valence-corrected chi connectivity index (χ2v) is 10.3. The molecule has 0 aromatic carbocycles. The summed E-state index contributed by atoms with van der Waals surface area (Å²) in [7, 11) is 2.02. The molecule has 1 aromatic rings. The van der Waals surface area contributed by atoms with Crippen LogP contribution >= 0.6 is 0 Å². The number of aromatic nitrogens is 2. The lowest BCUT2D eigenvalue weighted by molar-refractivity contribution is 0.0523. The van der Waals surface area contributed by atoms with Crippen LogP contribution in [0.3, 0.4) is 0 Å². The average molecular weight is 477 g/mol. The second-order valence-electron chi connectivity index (χ2n) is 10.3. The Morgan fingerprint density at radius 1 is 1.21 bits per heavy atom. The molecule has 0 bridgehead atoms. The van der Waals surface area contributed by atoms with Gasteiger partial charge in [0.1, 0.15) is 11.4 Å². The highest BCUT2D eigenvalue weighted by molar-refractivity contribution is 5.95. The lowest BCUT2D eigenvalue weighted by atomic mass is 9.81. The zero-order valence-corrected chi connectivity index (χ0v) is 20.9. The number of amides is 2. The topological polar surface area (TPSA) is 132 Å². The van der Waals surface area contributed by atoms with Gasteiger partial charge in [-0.05, 0) is 58.8 Å². The monoisotopic (exact) mass is 476 g/mol. The van der Waals surface area contributed by atoms with Crippen LogP contribution in [-0.4, -0.2) is 66.5 Å². The lowest BCUT2D eigenvalue weighted by Gasteiger charge is -2.39. The van der Waals surface area contributed by atoms with Crippen molar-refractivity contribution in [3.05, 3.63) is 11.9 Å². The van der Waals surface area contributed by atoms with Crippen molar-refractivity contribution < 1.29 is 19.1 Å². The number of nitrogens with zero attached hydrogens (tertiary/aromatic N) is 3. The second kappa shape index (κ2) is 11.7. The van der Waals surface area contributed by atoms with Crippen molar-refractivity contribution in [3.8, 4) is 0 Å². The Bertz CT molecular complexity index is 837. The molecule has 1 saturated carbocycles. The molecule has 0 spiro atoms. The van der Waals surface area contributed by atoms with Gasteiger partial charge in [0.25, 0.3) is 5.91 Å². The summed E-state index contributed by atoms with van der Waals surface area (Å²) in [5.74, 6) is 0.942. The van der Waals surface area contributed by atoms with Crippen molar-refractivity contribution in [2.24, 2.45) is 11.7 Å². The van der Waals surface area contributed by atoms with Crippen LogP contribution in [0.25, 0.3) is 0 Å². The fourth-order valence-electron chi connectivity index (χ4n) is 4.74. The van der Waals surface area contributed by atoms with Gasteiger partial charge in [-0.1, -0.05) is 12.8 Å². The van der Waals surface area contributed by atoms with Gasteiger partial charge >= 0.3 is 6.09 Å². The van der Waals surface area contributed by atoms with E-state index in [0.717, 1.165) is 38.5 Å². The van der Waals surface area contributed by atoms with Crippen molar-refractivity contribution in [2.45, 2.75) is 83.4 Å². The molecule has 1 aliphatic heterocycles. The van der Waals surface area contributed by atoms with Crippen molar-refractivity contribution in [1.29, 1.82) is 0 Å². The summed E-state index contributed by atoms with van der Waals surface area (Å²) < 4.78 is 10.8. The molecule has 10 heteroatoms. The third-order valence-electron chi connectivity index (χ3n) is 6.47. The maximum atomic E-state index is 12.0. The summed E-state index contributed by atoms with van der Waals surface area (Å²) in [6.45, 7) is 7.49. The van der Waals surface area contributed by atoms with Crippen molar-refractivity contribution >= 4 is 23.6 Å². The molecule has 1 aromatic heterocycles. The zero-order valence-electron chi connectivity index (χ0n) is 20.9. The predicted octanol–water partition coefficient (Wildman–Crippen LogP) is 3.08. The van der Waals surface area contributed by atoms with E-state index in [9.17, 15) is 9.59 Å². The largest absolute Gasteiger partial charge is 0.444 e. The van der Waals surface area contributed by atoms with Crippen molar-refractivity contribution in [2.75, 3.05) is 37.0 Å². The van der Waals surface area contributed by atoms with Gasteiger partial charge in [-0.15, -0.1) is 0 Å². The van der Waals surface area contributed by atoms with Crippen LogP contribution in [0.2, 0.25) is 0 Å². The van der Waals surface area contributed by atoms with E-state index in [2.05, 4.69) is 20.5 Å². The predicted molar refractivity (Wildman–Crippen MR) is 131 cm³/mol. The number of hydrogen-bond acceptors (Lipinski definition) is 8. The molecule has 34 heavy (non-hydrogen) atoms. The molecule has 2 heterocycles. The Kier molecular flexibility index (Phi) is 8.93. The third kappa shape index (κ3) is 7.44. The number of rotatable bonds is 8. The standard InChI is InChI=1S/C24H40N6O4/c1-24(2,3)34-23(32)26-12-9-16-7-5-6-8-18(16)30(4)19-15-27-20(21(25)31)22(29-19)28-17-10-13-33-14-11-17/h15-18H,5-14H2,1-4H3,(H2,25,31)(H,26,32)(H,28,29). The van der Waals surface area contributed by atoms with E-state index in [1.54, 1.807) is 6.20 Å². The molecular weight excluding hydrogens is 436 g/mol. The molecule has 4 N–H and O–H groups in total. The van der Waals surface area contributed by atoms with Gasteiger partial charge in [0, 0.05) is 38.9 Å². The normalized spacial score (nSPS) is 21.5. The number of alkyl carbamates (subject to hydrolysis) is 1. The Morgan fingerprint density at radius 3 is 2.59 bits per heavy atom. The average Bonchev–Trinajstić information content (AvgIpc) is 2.78. The minimum atomic E-state index is -0.597. The van der Waals surface area contributed by atoms with Crippen LogP contribution in [0.4, 0.5) is 16.4 Å². The highest BCUT2D eigenvalue weighted by Crippen LogP contribution is 2.32. The van der Waals surface area contributed by atoms with Crippen LogP contribution in [0.15, 0.2) is 6.20 Å². The number of anilines is 2. The lowest BCUT2D eigenvalue weighted by Crippen LogP contribution is -2.42. The first-order chi connectivity index (χ1) is 16.1. The van der Waals surface area contributed by atoms with Gasteiger partial charge in [0.05, 0.1) is 6.20 Å². The van der Waals surface area contributed by atoms with Gasteiger partial charge in [0.2, 0.25) is 0 Å². The van der Waals surface area contributed by atoms with Crippen LogP contribution in [0.1, 0.15) is 76.2 Å². The van der Waals surface area contributed by atoms with Crippen LogP contribution < -0.4 is 21.3 Å². The fraction of sp³-hybridized carbons (Fsp3) is 0.750. The van der Waals surface area contributed by atoms with Gasteiger partial charge in [0.15, 0.2) is 11.5 Å². The summed E-state index contributed by atoms with van der Waals surface area (Å²) in [6.07, 6.45) is 8.22. The first-order valence-electron chi connectivity index (χ1n) is 12.3. The molecule has 2 aliphatic rings. The molecule has 1 saturated heterocycles. The van der Waals surface area contributed by atoms with Crippen LogP contribution in [-0.2, 0) is 9.47 Å². The van der Waals surface area contributed by atoms with Crippen LogP contribution in [0.5, 0.6) is 0 Å². The molecular formula is C24H40N6O4. The maximum Gasteiger partial charge on any atom is 0.407 e. The van der Waals surface area contributed by atoms with E-state index in [1.165, 1.54) is 6.42 Å². The van der Waals surface area contributed by atoms with Gasteiger partial charge in [-0.2, -0.15) is 0 Å². The van der Waals surface area contributed by atoms with Gasteiger partial charge in [-0.25, -0.2) is 14.8 Å². The quantitative estimate of drug-likeness (QED) is 0.522. The molecule has 0 radical (unpaired) electrons. The number of ether oxygens (including phenoxy) is 2. The molecule has 190 valence electrons. The first kappa shape index (κ1) is 26.0. The van der Waals surface area contributed by atoms with E-state index < -0.39 is 11.5 Å². The smallest absolute Gasteiger partial charge is 0.407 e. The van der Waals surface area contributed by atoms with E-state index in [-0.39, 0.29) is 23.9 Å². The van der Waals surface area contributed by atoms with E-state index in [4.69, 9.17) is 20.2 Å². The molecule has 3 rings (SSSR count). The van der Waals surface area contributed by atoms with Gasteiger partial charge < -0.3 is 30.7 Å². The first-order valence-corrected chi connectivity index (χ1v) is 12.3. The minimum absolute atomic E-state index is 0.158. The zero-order chi connectivity index (χ0) is 24.7. The van der Waals surface area contributed by atoms with Crippen molar-refractivity contribution in [1.82, 2.24) is 15.3 Å². The summed E-state index contributed by atoms with van der Waals surface area (Å²) >= 11 is 0. The molecule has 2 unspecified atom stereocenters. The van der Waals surface area contributed by atoms with Gasteiger partial charge in [-0.3, -0.25) is 4.79 Å². The fourth-order valence-corrected chi connectivity index (χ4v) is 4.74. The highest BCUT2D eigenvalue weighted by atomic mass is 16.6. The molecule has 2 atom stereocenters. The Balaban J connectivity index is 1.67. The van der Waals surface area contributed by atoms with Crippen LogP contribution in [0, 0.1) is 5.92 Å². The highest BCUT2D eigenvalue weighted by Gasteiger charge is 2.30. The summed E-state index contributed by atoms with van der Waals surface area (Å²) in [4.78, 5) is 35.2. The molecule has 2 fully saturated rings. The SMILES string of the molecule is CN(c1cnc(C(N)=O)c(NC2CCOCC2)n1)C1CCCCC1CCNC(=O)OC(C)(C)C. The third-order valence-corrected chi connectivity index (χ3v) is 6.47. The number of hydrogen-bond donors (Lipinski definition) is 3. The Morgan fingerprint density at radius 2 is 1.91 bits per heavy atom. The van der Waals surface area contributed by atoms with Crippen molar-refractivity contribution in [3.63, 3.8) is 0 Å². The summed E-state index contributed by atoms with van der Waals surface area (Å²) in [5, 5.41) is 6.24. The molecule has 2 amide bonds. The number of carbonyl (C=O) groups excluding carboxylic acids is 2. The molecule has 1 aliphatic carbocycles. The number of nitrogens with one attached hydrogen (secondary N) is 2.